The van der Waals surface area contributed by atoms with Gasteiger partial charge in [-0.1, -0.05) is 11.2 Å². The molecule has 2 heterocycles. The summed E-state index contributed by atoms with van der Waals surface area (Å²) in [4.78, 5) is 6.73. The first-order chi connectivity index (χ1) is 4.47. The van der Waals surface area contributed by atoms with Crippen LogP contribution in [-0.4, -0.2) is 17.5 Å². The van der Waals surface area contributed by atoms with Gasteiger partial charge in [-0.3, -0.25) is 4.90 Å². The van der Waals surface area contributed by atoms with E-state index < -0.39 is 0 Å². The Hall–Kier alpha value is -1.25. The van der Waals surface area contributed by atoms with Gasteiger partial charge in [-0.2, -0.15) is 0 Å². The number of rotatable bonds is 0. The highest BCUT2D eigenvalue weighted by atomic mass is 16.7. The van der Waals surface area contributed by atoms with Crippen molar-refractivity contribution in [2.75, 3.05) is 6.73 Å². The molecule has 0 saturated heterocycles. The third-order valence-corrected chi connectivity index (χ3v) is 1.27. The molecule has 0 saturated carbocycles. The molecule has 0 atom stereocenters. The summed E-state index contributed by atoms with van der Waals surface area (Å²) in [5.74, 6) is 0.887. The Morgan fingerprint density at radius 2 is 2.56 bits per heavy atom. The van der Waals surface area contributed by atoms with Gasteiger partial charge < -0.3 is 4.84 Å². The lowest BCUT2D eigenvalue weighted by atomic mass is 10.3. The fourth-order valence-corrected chi connectivity index (χ4v) is 0.817. The van der Waals surface area contributed by atoms with E-state index in [0.29, 0.717) is 6.73 Å². The Morgan fingerprint density at radius 3 is 3.44 bits per heavy atom. The number of amidine groups is 1. The van der Waals surface area contributed by atoms with E-state index in [1.807, 2.05) is 29.3 Å². The van der Waals surface area contributed by atoms with E-state index in [-0.39, 0.29) is 0 Å². The highest BCUT2D eigenvalue weighted by molar-refractivity contribution is 5.94. The van der Waals surface area contributed by atoms with Crippen molar-refractivity contribution in [1.29, 1.82) is 0 Å². The largest absolute Gasteiger partial charge is 0.371 e. The summed E-state index contributed by atoms with van der Waals surface area (Å²) in [6, 6.07) is 0. The summed E-state index contributed by atoms with van der Waals surface area (Å²) >= 11 is 0. The molecule has 0 radical (unpaired) electrons. The van der Waals surface area contributed by atoms with Crippen molar-refractivity contribution in [2.45, 2.75) is 0 Å². The van der Waals surface area contributed by atoms with Crippen LogP contribution in [0.25, 0.3) is 0 Å². The minimum atomic E-state index is 0.552. The lowest BCUT2D eigenvalue weighted by Gasteiger charge is -2.10. The van der Waals surface area contributed by atoms with E-state index in [0.717, 1.165) is 5.84 Å². The highest BCUT2D eigenvalue weighted by Gasteiger charge is 2.13. The van der Waals surface area contributed by atoms with Crippen LogP contribution in [0, 0.1) is 0 Å². The molecule has 0 fully saturated rings. The van der Waals surface area contributed by atoms with Gasteiger partial charge in [-0.25, -0.2) is 0 Å². The fraction of sp³-hybridized carbons (Fsp3) is 0.167. The first-order valence-electron chi connectivity index (χ1n) is 2.78. The number of hydrogen-bond acceptors (Lipinski definition) is 3. The van der Waals surface area contributed by atoms with E-state index in [4.69, 9.17) is 4.84 Å². The molecule has 0 spiro atoms. The topological polar surface area (TPSA) is 24.8 Å². The molecular formula is C6H6N2O. The number of allylic oxidation sites excluding steroid dienone is 2. The molecule has 0 amide bonds. The average Bonchev–Trinajstić information content (AvgIpc) is 2.33. The maximum atomic E-state index is 4.80. The van der Waals surface area contributed by atoms with E-state index in [1.54, 1.807) is 0 Å². The van der Waals surface area contributed by atoms with Crippen LogP contribution in [0.5, 0.6) is 0 Å². The Morgan fingerprint density at radius 1 is 1.56 bits per heavy atom. The SMILES string of the molecule is C1=CC2=NOCN2C=C1. The molecule has 46 valence electrons. The van der Waals surface area contributed by atoms with E-state index in [9.17, 15) is 0 Å². The van der Waals surface area contributed by atoms with Crippen LogP contribution in [0.2, 0.25) is 0 Å². The van der Waals surface area contributed by atoms with Crippen molar-refractivity contribution in [3.8, 4) is 0 Å². The predicted octanol–water partition coefficient (Wildman–Crippen LogP) is 0.673. The van der Waals surface area contributed by atoms with Crippen LogP contribution in [0.1, 0.15) is 0 Å². The van der Waals surface area contributed by atoms with Crippen LogP contribution in [0.15, 0.2) is 29.6 Å². The van der Waals surface area contributed by atoms with Crippen LogP contribution in [0.4, 0.5) is 0 Å². The average molecular weight is 122 g/mol. The molecular weight excluding hydrogens is 116 g/mol. The fourth-order valence-electron chi connectivity index (χ4n) is 0.817. The summed E-state index contributed by atoms with van der Waals surface area (Å²) in [7, 11) is 0. The third kappa shape index (κ3) is 0.614. The number of hydrogen-bond donors (Lipinski definition) is 0. The van der Waals surface area contributed by atoms with Gasteiger partial charge in [0, 0.05) is 6.20 Å². The maximum Gasteiger partial charge on any atom is 0.194 e. The Kier molecular flexibility index (Phi) is 0.828. The number of oxime groups is 1. The lowest BCUT2D eigenvalue weighted by Crippen LogP contribution is -2.20. The van der Waals surface area contributed by atoms with Gasteiger partial charge in [-0.05, 0) is 12.2 Å². The lowest BCUT2D eigenvalue weighted by molar-refractivity contribution is 0.127. The Balaban J connectivity index is 2.33. The van der Waals surface area contributed by atoms with Crippen LogP contribution >= 0.6 is 0 Å². The van der Waals surface area contributed by atoms with Gasteiger partial charge in [0.25, 0.3) is 0 Å². The molecule has 2 aliphatic rings. The molecule has 9 heavy (non-hydrogen) atoms. The standard InChI is InChI=1S/C6H6N2O/c1-2-4-8-5-9-7-6(8)3-1/h1-4H,5H2. The van der Waals surface area contributed by atoms with Crippen molar-refractivity contribution in [3.63, 3.8) is 0 Å². The minimum Gasteiger partial charge on any atom is -0.371 e. The van der Waals surface area contributed by atoms with E-state index in [1.165, 1.54) is 0 Å². The summed E-state index contributed by atoms with van der Waals surface area (Å²) in [6.07, 6.45) is 7.73. The molecule has 0 unspecified atom stereocenters. The zero-order valence-corrected chi connectivity index (χ0v) is 4.82. The first kappa shape index (κ1) is 4.61. The zero-order chi connectivity index (χ0) is 6.10. The molecule has 0 aliphatic carbocycles. The molecule has 3 heteroatoms. The van der Waals surface area contributed by atoms with Gasteiger partial charge in [0.15, 0.2) is 12.6 Å². The second-order valence-corrected chi connectivity index (χ2v) is 1.88. The second kappa shape index (κ2) is 1.62. The third-order valence-electron chi connectivity index (χ3n) is 1.27. The molecule has 0 N–H and O–H groups in total. The second-order valence-electron chi connectivity index (χ2n) is 1.88. The molecule has 2 aliphatic heterocycles. The van der Waals surface area contributed by atoms with E-state index >= 15 is 0 Å². The van der Waals surface area contributed by atoms with Crippen LogP contribution in [-0.2, 0) is 4.84 Å². The molecule has 0 bridgehead atoms. The van der Waals surface area contributed by atoms with Crippen LogP contribution in [0.3, 0.4) is 0 Å². The Labute approximate surface area is 52.9 Å². The summed E-state index contributed by atoms with van der Waals surface area (Å²) in [6.45, 7) is 0.552. The van der Waals surface area contributed by atoms with Crippen molar-refractivity contribution in [2.24, 2.45) is 5.16 Å². The van der Waals surface area contributed by atoms with Gasteiger partial charge in [-0.15, -0.1) is 0 Å². The highest BCUT2D eigenvalue weighted by Crippen LogP contribution is 2.08. The molecule has 0 aromatic carbocycles. The Bertz CT molecular complexity index is 202. The summed E-state index contributed by atoms with van der Waals surface area (Å²) < 4.78 is 0. The van der Waals surface area contributed by atoms with Gasteiger partial charge >= 0.3 is 0 Å². The zero-order valence-electron chi connectivity index (χ0n) is 4.82. The number of fused-ring (bicyclic) bond motifs is 1. The molecule has 3 nitrogen and oxygen atoms in total. The maximum absolute atomic E-state index is 4.80. The monoisotopic (exact) mass is 122 g/mol. The van der Waals surface area contributed by atoms with Crippen molar-refractivity contribution < 1.29 is 4.84 Å². The van der Waals surface area contributed by atoms with Crippen molar-refractivity contribution >= 4 is 5.84 Å². The first-order valence-corrected chi connectivity index (χ1v) is 2.78. The van der Waals surface area contributed by atoms with Crippen LogP contribution < -0.4 is 0 Å². The van der Waals surface area contributed by atoms with Crippen molar-refractivity contribution in [3.05, 3.63) is 24.4 Å². The van der Waals surface area contributed by atoms with Crippen molar-refractivity contribution in [1.82, 2.24) is 4.90 Å². The summed E-state index contributed by atoms with van der Waals surface area (Å²) in [5, 5.41) is 3.76. The summed E-state index contributed by atoms with van der Waals surface area (Å²) in [5.41, 5.74) is 0. The van der Waals surface area contributed by atoms with Gasteiger partial charge in [0.05, 0.1) is 0 Å². The normalized spacial score (nSPS) is 21.3. The smallest absolute Gasteiger partial charge is 0.194 e. The van der Waals surface area contributed by atoms with E-state index in [2.05, 4.69) is 5.16 Å². The minimum absolute atomic E-state index is 0.552. The molecule has 0 aromatic heterocycles. The molecule has 0 aromatic rings. The number of nitrogens with zero attached hydrogens (tertiary/aromatic N) is 2. The molecule has 2 rings (SSSR count). The van der Waals surface area contributed by atoms with Gasteiger partial charge in [0.1, 0.15) is 0 Å². The van der Waals surface area contributed by atoms with Gasteiger partial charge in [0.2, 0.25) is 0 Å². The quantitative estimate of drug-likeness (QED) is 0.471. The predicted molar refractivity (Wildman–Crippen MR) is 33.5 cm³/mol.